The summed E-state index contributed by atoms with van der Waals surface area (Å²) in [6.45, 7) is 13.1. The second kappa shape index (κ2) is 6.01. The third-order valence-electron chi connectivity index (χ3n) is 3.90. The standard InChI is InChI=1S/C13H27NS2/c1-5-13(6-2,11-15)10-14-7-8-16-12(3,4)9-14/h15H,5-11H2,1-4H3. The van der Waals surface area contributed by atoms with Gasteiger partial charge in [-0.05, 0) is 37.9 Å². The predicted octanol–water partition coefficient (Wildman–Crippen LogP) is 3.55. The lowest BCUT2D eigenvalue weighted by Crippen LogP contribution is -2.48. The van der Waals surface area contributed by atoms with Crippen LogP contribution in [0.15, 0.2) is 0 Å². The molecule has 1 nitrogen and oxygen atoms in total. The van der Waals surface area contributed by atoms with Crippen molar-refractivity contribution in [1.82, 2.24) is 4.90 Å². The lowest BCUT2D eigenvalue weighted by atomic mass is 9.83. The molecule has 0 aromatic carbocycles. The Morgan fingerprint density at radius 3 is 2.38 bits per heavy atom. The van der Waals surface area contributed by atoms with Crippen LogP contribution in [-0.2, 0) is 0 Å². The van der Waals surface area contributed by atoms with Crippen molar-refractivity contribution in [2.45, 2.75) is 45.3 Å². The van der Waals surface area contributed by atoms with Gasteiger partial charge in [0.25, 0.3) is 0 Å². The quantitative estimate of drug-likeness (QED) is 0.754. The Balaban J connectivity index is 2.58. The highest BCUT2D eigenvalue weighted by molar-refractivity contribution is 8.00. The SMILES string of the molecule is CCC(CC)(CS)CN1CCSC(C)(C)C1. The van der Waals surface area contributed by atoms with Crippen LogP contribution < -0.4 is 0 Å². The van der Waals surface area contributed by atoms with E-state index in [0.29, 0.717) is 10.2 Å². The van der Waals surface area contributed by atoms with Gasteiger partial charge in [0.2, 0.25) is 0 Å². The molecule has 3 heteroatoms. The monoisotopic (exact) mass is 261 g/mol. The fourth-order valence-electron chi connectivity index (χ4n) is 2.47. The van der Waals surface area contributed by atoms with E-state index in [1.54, 1.807) is 0 Å². The van der Waals surface area contributed by atoms with Gasteiger partial charge in [-0.25, -0.2) is 0 Å². The molecule has 0 atom stereocenters. The molecule has 1 aliphatic heterocycles. The number of hydrogen-bond donors (Lipinski definition) is 1. The topological polar surface area (TPSA) is 3.24 Å². The summed E-state index contributed by atoms with van der Waals surface area (Å²) < 4.78 is 0.433. The molecule has 0 N–H and O–H groups in total. The maximum absolute atomic E-state index is 4.57. The molecule has 0 saturated carbocycles. The minimum absolute atomic E-state index is 0.432. The van der Waals surface area contributed by atoms with Gasteiger partial charge in [-0.2, -0.15) is 24.4 Å². The van der Waals surface area contributed by atoms with Gasteiger partial charge in [0, 0.05) is 30.1 Å². The van der Waals surface area contributed by atoms with Crippen molar-refractivity contribution in [2.24, 2.45) is 5.41 Å². The van der Waals surface area contributed by atoms with Crippen molar-refractivity contribution in [3.8, 4) is 0 Å². The highest BCUT2D eigenvalue weighted by atomic mass is 32.2. The average molecular weight is 262 g/mol. The Morgan fingerprint density at radius 1 is 1.31 bits per heavy atom. The fourth-order valence-corrected chi connectivity index (χ4v) is 4.19. The van der Waals surface area contributed by atoms with Crippen molar-refractivity contribution in [3.63, 3.8) is 0 Å². The zero-order chi connectivity index (χ0) is 12.2. The number of nitrogens with zero attached hydrogens (tertiary/aromatic N) is 1. The van der Waals surface area contributed by atoms with E-state index in [1.807, 2.05) is 0 Å². The van der Waals surface area contributed by atoms with Crippen molar-refractivity contribution < 1.29 is 0 Å². The minimum atomic E-state index is 0.432. The number of thiol groups is 1. The molecule has 0 amide bonds. The first kappa shape index (κ1) is 14.7. The van der Waals surface area contributed by atoms with E-state index >= 15 is 0 Å². The van der Waals surface area contributed by atoms with Crippen LogP contribution in [0.5, 0.6) is 0 Å². The third-order valence-corrected chi connectivity index (χ3v) is 5.87. The second-order valence-electron chi connectivity index (χ2n) is 5.68. The Kier molecular flexibility index (Phi) is 5.53. The Morgan fingerprint density at radius 2 is 1.94 bits per heavy atom. The van der Waals surface area contributed by atoms with Crippen molar-refractivity contribution >= 4 is 24.4 Å². The molecule has 16 heavy (non-hydrogen) atoms. The van der Waals surface area contributed by atoms with Crippen LogP contribution in [0, 0.1) is 5.41 Å². The molecule has 1 heterocycles. The first-order valence-corrected chi connectivity index (χ1v) is 8.06. The Labute approximate surface area is 111 Å². The fraction of sp³-hybridized carbons (Fsp3) is 1.00. The van der Waals surface area contributed by atoms with Gasteiger partial charge in [-0.3, -0.25) is 0 Å². The van der Waals surface area contributed by atoms with Gasteiger partial charge in [0.15, 0.2) is 0 Å². The zero-order valence-corrected chi connectivity index (χ0v) is 13.0. The molecule has 0 bridgehead atoms. The molecule has 0 radical (unpaired) electrons. The lowest BCUT2D eigenvalue weighted by molar-refractivity contribution is 0.152. The Bertz CT molecular complexity index is 204. The summed E-state index contributed by atoms with van der Waals surface area (Å²) in [7, 11) is 0. The maximum atomic E-state index is 4.57. The molecule has 0 spiro atoms. The van der Waals surface area contributed by atoms with Crippen molar-refractivity contribution in [1.29, 1.82) is 0 Å². The van der Waals surface area contributed by atoms with Crippen molar-refractivity contribution in [2.75, 3.05) is 31.1 Å². The lowest BCUT2D eigenvalue weighted by Gasteiger charge is -2.42. The smallest absolute Gasteiger partial charge is 0.0231 e. The van der Waals surface area contributed by atoms with Gasteiger partial charge in [0.1, 0.15) is 0 Å². The van der Waals surface area contributed by atoms with Gasteiger partial charge in [-0.1, -0.05) is 13.8 Å². The van der Waals surface area contributed by atoms with Crippen LogP contribution in [-0.4, -0.2) is 40.8 Å². The first-order valence-electron chi connectivity index (χ1n) is 6.44. The van der Waals surface area contributed by atoms with Crippen LogP contribution in [0.1, 0.15) is 40.5 Å². The summed E-state index contributed by atoms with van der Waals surface area (Å²) in [5, 5.41) is 0. The van der Waals surface area contributed by atoms with Gasteiger partial charge < -0.3 is 4.90 Å². The molecule has 1 aliphatic rings. The number of rotatable bonds is 5. The van der Waals surface area contributed by atoms with Crippen LogP contribution in [0.2, 0.25) is 0 Å². The molecule has 0 unspecified atom stereocenters. The summed E-state index contributed by atoms with van der Waals surface area (Å²) in [6, 6.07) is 0. The van der Waals surface area contributed by atoms with Crippen molar-refractivity contribution in [3.05, 3.63) is 0 Å². The molecule has 0 aromatic heterocycles. The van der Waals surface area contributed by atoms with E-state index in [0.717, 1.165) is 5.75 Å². The highest BCUT2D eigenvalue weighted by Crippen LogP contribution is 2.34. The molecular weight excluding hydrogens is 234 g/mol. The summed E-state index contributed by atoms with van der Waals surface area (Å²) in [4.78, 5) is 2.65. The van der Waals surface area contributed by atoms with Gasteiger partial charge in [0.05, 0.1) is 0 Å². The van der Waals surface area contributed by atoms with Crippen LogP contribution in [0.25, 0.3) is 0 Å². The summed E-state index contributed by atoms with van der Waals surface area (Å²) in [6.07, 6.45) is 2.49. The third kappa shape index (κ3) is 3.85. The van der Waals surface area contributed by atoms with Gasteiger partial charge >= 0.3 is 0 Å². The predicted molar refractivity (Wildman–Crippen MR) is 79.8 cm³/mol. The zero-order valence-electron chi connectivity index (χ0n) is 11.3. The van der Waals surface area contributed by atoms with E-state index in [1.165, 1.54) is 38.2 Å². The minimum Gasteiger partial charge on any atom is -0.301 e. The molecule has 0 aromatic rings. The summed E-state index contributed by atoms with van der Waals surface area (Å²) >= 11 is 6.68. The van der Waals surface area contributed by atoms with Crippen LogP contribution in [0.3, 0.4) is 0 Å². The van der Waals surface area contributed by atoms with E-state index in [4.69, 9.17) is 0 Å². The highest BCUT2D eigenvalue weighted by Gasteiger charge is 2.32. The molecule has 0 aliphatic carbocycles. The van der Waals surface area contributed by atoms with E-state index in [2.05, 4.69) is 57.0 Å². The van der Waals surface area contributed by atoms with Crippen LogP contribution in [0.4, 0.5) is 0 Å². The molecule has 96 valence electrons. The van der Waals surface area contributed by atoms with E-state index < -0.39 is 0 Å². The maximum Gasteiger partial charge on any atom is 0.0231 e. The average Bonchev–Trinajstić information content (AvgIpc) is 2.25. The largest absolute Gasteiger partial charge is 0.301 e. The van der Waals surface area contributed by atoms with E-state index in [9.17, 15) is 0 Å². The second-order valence-corrected chi connectivity index (χ2v) is 7.80. The van der Waals surface area contributed by atoms with E-state index in [-0.39, 0.29) is 0 Å². The summed E-state index contributed by atoms with van der Waals surface area (Å²) in [5.41, 5.74) is 0.432. The first-order chi connectivity index (χ1) is 7.47. The Hall–Kier alpha value is 0.660. The number of thioether (sulfide) groups is 1. The van der Waals surface area contributed by atoms with Gasteiger partial charge in [-0.15, -0.1) is 0 Å². The van der Waals surface area contributed by atoms with Crippen LogP contribution >= 0.6 is 24.4 Å². The number of hydrogen-bond acceptors (Lipinski definition) is 3. The summed E-state index contributed by atoms with van der Waals surface area (Å²) in [5.74, 6) is 2.30. The normalized spacial score (nSPS) is 22.3. The molecular formula is C13H27NS2. The molecule has 1 fully saturated rings. The molecule has 1 rings (SSSR count). The molecule has 1 saturated heterocycles.